The topological polar surface area (TPSA) is 117 Å². The van der Waals surface area contributed by atoms with Gasteiger partial charge in [-0.05, 0) is 59.5 Å². The predicted octanol–water partition coefficient (Wildman–Crippen LogP) is 5.72. The van der Waals surface area contributed by atoms with Crippen LogP contribution in [0.25, 0.3) is 23.1 Å². The summed E-state index contributed by atoms with van der Waals surface area (Å²) in [6.07, 6.45) is -0.535. The standard InChI is InChI=1S/C31H29FN4O3.C2HF3O2/c1-38-22-6-9-28-24(16-22)31(30(37)33-28)17-25(31)20-5-7-23-27(34-35-29(23)15-20)8-3-19-2-4-21(26(32)14-19)18-36-10-12-39-13-11-36;3-2(4,5)1(6)7/h2-9,14-16,25H,10-13,17-18H2,1H3,(H,33,37)(H,34,35);(H,6,7)/b8-3+;/t25-,31-;/m0./s1. The van der Waals surface area contributed by atoms with E-state index in [4.69, 9.17) is 19.4 Å². The smallest absolute Gasteiger partial charge is 0.490 e. The van der Waals surface area contributed by atoms with E-state index >= 15 is 0 Å². The van der Waals surface area contributed by atoms with Crippen molar-refractivity contribution in [1.29, 1.82) is 0 Å². The number of H-pyrrole nitrogens is 1. The number of carbonyl (C=O) groups excluding carboxylic acids is 1. The first-order valence-corrected chi connectivity index (χ1v) is 14.5. The van der Waals surface area contributed by atoms with Crippen molar-refractivity contribution in [3.63, 3.8) is 0 Å². The molecule has 2 atom stereocenters. The van der Waals surface area contributed by atoms with Crippen LogP contribution >= 0.6 is 0 Å². The Morgan fingerprint density at radius 1 is 1.13 bits per heavy atom. The van der Waals surface area contributed by atoms with Crippen LogP contribution in [0.4, 0.5) is 23.2 Å². The summed E-state index contributed by atoms with van der Waals surface area (Å²) in [6, 6.07) is 17.3. The third-order valence-corrected chi connectivity index (χ3v) is 8.59. The third kappa shape index (κ3) is 6.07. The Bertz CT molecular complexity index is 1830. The minimum absolute atomic E-state index is 0.0484. The molecule has 0 radical (unpaired) electrons. The molecule has 3 heterocycles. The van der Waals surface area contributed by atoms with Crippen LogP contribution in [0.2, 0.25) is 0 Å². The number of methoxy groups -OCH3 is 1. The first kappa shape index (κ1) is 31.2. The zero-order valence-electron chi connectivity index (χ0n) is 24.7. The second-order valence-corrected chi connectivity index (χ2v) is 11.4. The molecular weight excluding hydrogens is 608 g/mol. The molecule has 0 unspecified atom stereocenters. The van der Waals surface area contributed by atoms with Gasteiger partial charge in [0.15, 0.2) is 0 Å². The summed E-state index contributed by atoms with van der Waals surface area (Å²) in [4.78, 5) is 24.1. The van der Waals surface area contributed by atoms with Crippen molar-refractivity contribution in [2.75, 3.05) is 38.7 Å². The number of carbonyl (C=O) groups is 2. The normalized spacial score (nSPS) is 20.8. The molecule has 1 saturated carbocycles. The summed E-state index contributed by atoms with van der Waals surface area (Å²) < 4.78 is 57.3. The summed E-state index contributed by atoms with van der Waals surface area (Å²) in [5.74, 6) is -2.06. The van der Waals surface area contributed by atoms with Gasteiger partial charge in [-0.25, -0.2) is 9.18 Å². The molecule has 3 aromatic carbocycles. The van der Waals surface area contributed by atoms with Gasteiger partial charge in [0.05, 0.1) is 36.9 Å². The fourth-order valence-electron chi connectivity index (χ4n) is 6.07. The second kappa shape index (κ2) is 12.2. The number of benzene rings is 3. The highest BCUT2D eigenvalue weighted by Crippen LogP contribution is 2.65. The van der Waals surface area contributed by atoms with Crippen LogP contribution in [0, 0.1) is 5.82 Å². The summed E-state index contributed by atoms with van der Waals surface area (Å²) >= 11 is 0. The maximum absolute atomic E-state index is 14.8. The van der Waals surface area contributed by atoms with Crippen molar-refractivity contribution >= 4 is 40.6 Å². The Kier molecular flexibility index (Phi) is 8.30. The summed E-state index contributed by atoms with van der Waals surface area (Å²) in [6.45, 7) is 3.63. The molecule has 1 spiro atoms. The summed E-state index contributed by atoms with van der Waals surface area (Å²) in [7, 11) is 1.64. The number of nitrogens with one attached hydrogen (secondary N) is 2. The first-order valence-electron chi connectivity index (χ1n) is 14.5. The van der Waals surface area contributed by atoms with Gasteiger partial charge >= 0.3 is 12.1 Å². The van der Waals surface area contributed by atoms with E-state index in [0.717, 1.165) is 64.2 Å². The number of halogens is 4. The predicted molar refractivity (Wildman–Crippen MR) is 162 cm³/mol. The van der Waals surface area contributed by atoms with Gasteiger partial charge in [-0.1, -0.05) is 30.3 Å². The molecule has 1 amide bonds. The largest absolute Gasteiger partial charge is 0.497 e. The quantitative estimate of drug-likeness (QED) is 0.231. The second-order valence-electron chi connectivity index (χ2n) is 11.4. The number of amides is 1. The number of nitrogens with zero attached hydrogens (tertiary/aromatic N) is 2. The van der Waals surface area contributed by atoms with Crippen molar-refractivity contribution < 1.29 is 41.7 Å². The fourth-order valence-corrected chi connectivity index (χ4v) is 6.07. The van der Waals surface area contributed by atoms with E-state index in [1.165, 1.54) is 0 Å². The zero-order valence-corrected chi connectivity index (χ0v) is 24.7. The number of rotatable bonds is 6. The Balaban J connectivity index is 0.000000480. The molecule has 3 aliphatic rings. The Morgan fingerprint density at radius 3 is 2.59 bits per heavy atom. The minimum atomic E-state index is -5.08. The van der Waals surface area contributed by atoms with Crippen molar-refractivity contribution in [2.24, 2.45) is 0 Å². The highest BCUT2D eigenvalue weighted by Gasteiger charge is 2.65. The van der Waals surface area contributed by atoms with Crippen LogP contribution in [0.15, 0.2) is 54.6 Å². The van der Waals surface area contributed by atoms with E-state index in [0.29, 0.717) is 25.3 Å². The highest BCUT2D eigenvalue weighted by atomic mass is 19.4. The van der Waals surface area contributed by atoms with Gasteiger partial charge in [0.1, 0.15) is 11.6 Å². The lowest BCUT2D eigenvalue weighted by Gasteiger charge is -2.26. The molecule has 7 rings (SSSR count). The monoisotopic (exact) mass is 638 g/mol. The number of fused-ring (bicyclic) bond motifs is 3. The molecule has 2 aliphatic heterocycles. The molecule has 3 N–H and O–H groups in total. The molecule has 46 heavy (non-hydrogen) atoms. The van der Waals surface area contributed by atoms with Gasteiger partial charge in [-0.15, -0.1) is 0 Å². The van der Waals surface area contributed by atoms with Gasteiger partial charge in [-0.2, -0.15) is 18.3 Å². The van der Waals surface area contributed by atoms with Crippen molar-refractivity contribution in [3.05, 3.63) is 88.4 Å². The number of morpholine rings is 1. The molecular formula is C33H30F4N4O5. The molecule has 13 heteroatoms. The van der Waals surface area contributed by atoms with E-state index in [-0.39, 0.29) is 17.6 Å². The molecule has 1 aromatic heterocycles. The van der Waals surface area contributed by atoms with Crippen molar-refractivity contribution in [2.45, 2.75) is 30.5 Å². The van der Waals surface area contributed by atoms with Crippen LogP contribution in [0.5, 0.6) is 5.75 Å². The maximum atomic E-state index is 14.8. The number of hydrogen-bond acceptors (Lipinski definition) is 6. The maximum Gasteiger partial charge on any atom is 0.490 e. The number of carboxylic acids is 1. The number of aromatic amines is 1. The summed E-state index contributed by atoms with van der Waals surface area (Å²) in [5.41, 5.74) is 5.61. The molecule has 240 valence electrons. The van der Waals surface area contributed by atoms with Crippen LogP contribution in [0.1, 0.15) is 40.3 Å². The number of aliphatic carboxylic acids is 1. The number of hydrogen-bond donors (Lipinski definition) is 3. The van der Waals surface area contributed by atoms with E-state index in [1.807, 2.05) is 48.6 Å². The molecule has 1 saturated heterocycles. The molecule has 9 nitrogen and oxygen atoms in total. The third-order valence-electron chi connectivity index (χ3n) is 8.59. The molecule has 0 bridgehead atoms. The van der Waals surface area contributed by atoms with Crippen molar-refractivity contribution in [3.8, 4) is 5.75 Å². The number of anilines is 1. The lowest BCUT2D eigenvalue weighted by Crippen LogP contribution is -2.35. The first-order chi connectivity index (χ1) is 22.0. The fraction of sp³-hybridized carbons (Fsp3) is 0.303. The SMILES string of the molecule is COc1ccc2c(c1)[C@]1(C[C@H]1c1ccc3c(/C=C/c4ccc(CN5CCOCC5)c(F)c4)n[nH]c3c1)C(=O)N2.O=C(O)C(F)(F)F. The van der Waals surface area contributed by atoms with E-state index < -0.39 is 17.6 Å². The highest BCUT2D eigenvalue weighted by molar-refractivity contribution is 6.10. The number of aromatic nitrogens is 2. The average Bonchev–Trinajstić information content (AvgIpc) is 3.58. The number of alkyl halides is 3. The van der Waals surface area contributed by atoms with E-state index in [2.05, 4.69) is 32.5 Å². The molecule has 2 fully saturated rings. The summed E-state index contributed by atoms with van der Waals surface area (Å²) in [5, 5.41) is 18.8. The van der Waals surface area contributed by atoms with E-state index in [1.54, 1.807) is 13.2 Å². The molecule has 1 aliphatic carbocycles. The van der Waals surface area contributed by atoms with E-state index in [9.17, 15) is 22.4 Å². The average molecular weight is 639 g/mol. The molecule has 4 aromatic rings. The van der Waals surface area contributed by atoms with Crippen LogP contribution in [-0.4, -0.2) is 71.7 Å². The van der Waals surface area contributed by atoms with Crippen LogP contribution in [-0.2, 0) is 26.3 Å². The lowest BCUT2D eigenvalue weighted by atomic mass is 9.91. The Morgan fingerprint density at radius 2 is 1.89 bits per heavy atom. The van der Waals surface area contributed by atoms with Gasteiger partial charge < -0.3 is 19.9 Å². The van der Waals surface area contributed by atoms with Crippen LogP contribution < -0.4 is 10.1 Å². The van der Waals surface area contributed by atoms with Gasteiger partial charge in [0, 0.05) is 42.2 Å². The lowest BCUT2D eigenvalue weighted by molar-refractivity contribution is -0.192. The number of carboxylic acid groups (broad SMARTS) is 1. The van der Waals surface area contributed by atoms with Gasteiger partial charge in [0.2, 0.25) is 5.91 Å². The van der Waals surface area contributed by atoms with Crippen LogP contribution in [0.3, 0.4) is 0 Å². The minimum Gasteiger partial charge on any atom is -0.497 e. The van der Waals surface area contributed by atoms with Crippen molar-refractivity contribution in [1.82, 2.24) is 15.1 Å². The van der Waals surface area contributed by atoms with Gasteiger partial charge in [0.25, 0.3) is 0 Å². The van der Waals surface area contributed by atoms with Gasteiger partial charge in [-0.3, -0.25) is 14.8 Å². The Hall–Kier alpha value is -4.75. The Labute approximate surface area is 260 Å². The zero-order chi connectivity index (χ0) is 32.6. The number of ether oxygens (including phenoxy) is 2.